The van der Waals surface area contributed by atoms with Gasteiger partial charge in [0.25, 0.3) is 5.91 Å². The second kappa shape index (κ2) is 5.83. The van der Waals surface area contributed by atoms with Crippen LogP contribution < -0.4 is 4.90 Å². The van der Waals surface area contributed by atoms with E-state index in [1.807, 2.05) is 22.7 Å². The van der Waals surface area contributed by atoms with Gasteiger partial charge in [-0.1, -0.05) is 6.92 Å². The second-order valence-electron chi connectivity index (χ2n) is 6.26. The minimum Gasteiger partial charge on any atom is -0.351 e. The fraction of sp³-hybridized carbons (Fsp3) is 0.438. The second-order valence-corrected chi connectivity index (χ2v) is 6.26. The van der Waals surface area contributed by atoms with Crippen LogP contribution in [0.2, 0.25) is 0 Å². The fourth-order valence-corrected chi connectivity index (χ4v) is 3.23. The Morgan fingerprint density at radius 3 is 2.92 bits per heavy atom. The lowest BCUT2D eigenvalue weighted by atomic mass is 10.2. The summed E-state index contributed by atoms with van der Waals surface area (Å²) in [5.41, 5.74) is 2.01. The number of nitrogens with one attached hydrogen (secondary N) is 1. The van der Waals surface area contributed by atoms with Crippen LogP contribution in [-0.4, -0.2) is 61.2 Å². The predicted molar refractivity (Wildman–Crippen MR) is 92.4 cm³/mol. The molecule has 1 N–H and O–H groups in total. The largest absolute Gasteiger partial charge is 0.351 e. The first-order valence-corrected chi connectivity index (χ1v) is 8.29. The van der Waals surface area contributed by atoms with E-state index >= 15 is 0 Å². The molecule has 0 saturated carbocycles. The molecule has 3 aromatic heterocycles. The van der Waals surface area contributed by atoms with Gasteiger partial charge in [-0.05, 0) is 12.0 Å². The highest BCUT2D eigenvalue weighted by molar-refractivity contribution is 5.91. The first-order chi connectivity index (χ1) is 12.1. The Labute approximate surface area is 144 Å². The molecule has 1 aliphatic rings. The normalized spacial score (nSPS) is 14.2. The number of amides is 1. The number of aromatic amines is 1. The van der Waals surface area contributed by atoms with Crippen LogP contribution in [0.5, 0.6) is 0 Å². The van der Waals surface area contributed by atoms with E-state index in [-0.39, 0.29) is 5.91 Å². The van der Waals surface area contributed by atoms with Crippen LogP contribution in [0, 0.1) is 0 Å². The molecule has 0 aromatic carbocycles. The molecule has 130 valence electrons. The zero-order valence-corrected chi connectivity index (χ0v) is 14.5. The third-order valence-corrected chi connectivity index (χ3v) is 4.68. The number of rotatable bonds is 4. The monoisotopic (exact) mass is 340 g/mol. The Bertz CT molecular complexity index is 943. The zero-order chi connectivity index (χ0) is 17.6. The molecule has 4 rings (SSSR count). The summed E-state index contributed by atoms with van der Waals surface area (Å²) < 4.78 is 1.90. The highest BCUT2D eigenvalue weighted by Gasteiger charge is 2.27. The first kappa shape index (κ1) is 15.6. The molecule has 3 aromatic rings. The molecule has 0 unspecified atom stereocenters. The average molecular weight is 340 g/mol. The van der Waals surface area contributed by atoms with Gasteiger partial charge in [-0.15, -0.1) is 10.2 Å². The zero-order valence-electron chi connectivity index (χ0n) is 14.5. The molecular formula is C16H20N8O. The Balaban J connectivity index is 1.68. The molecule has 0 aliphatic carbocycles. The van der Waals surface area contributed by atoms with Gasteiger partial charge in [-0.25, -0.2) is 9.97 Å². The van der Waals surface area contributed by atoms with Gasteiger partial charge in [0, 0.05) is 33.4 Å². The maximum absolute atomic E-state index is 12.2. The van der Waals surface area contributed by atoms with E-state index in [9.17, 15) is 4.79 Å². The SMILES string of the molecule is CCc1c[nH]c2ncnc(N(C)Cc3nnc4n3CCN(C)C4=O)c12. The minimum atomic E-state index is -0.0871. The number of H-pyrrole nitrogens is 1. The predicted octanol–water partition coefficient (Wildman–Crippen LogP) is 0.834. The maximum Gasteiger partial charge on any atom is 0.291 e. The van der Waals surface area contributed by atoms with Crippen LogP contribution in [0.3, 0.4) is 0 Å². The van der Waals surface area contributed by atoms with Crippen molar-refractivity contribution in [2.45, 2.75) is 26.4 Å². The van der Waals surface area contributed by atoms with Gasteiger partial charge < -0.3 is 19.4 Å². The Morgan fingerprint density at radius 2 is 2.12 bits per heavy atom. The van der Waals surface area contributed by atoms with E-state index in [0.29, 0.717) is 25.5 Å². The Kier molecular flexibility index (Phi) is 3.63. The van der Waals surface area contributed by atoms with Crippen molar-refractivity contribution in [3.05, 3.63) is 29.7 Å². The standard InChI is InChI=1S/C16H20N8O/c1-4-10-7-17-13-12(10)14(19-9-18-13)23(3)8-11-20-21-15-16(25)22(2)5-6-24(11)15/h7,9H,4-6,8H2,1-3H3,(H,17,18,19). The molecule has 9 heteroatoms. The number of aromatic nitrogens is 6. The van der Waals surface area contributed by atoms with Crippen LogP contribution in [0.1, 0.15) is 28.9 Å². The van der Waals surface area contributed by atoms with Gasteiger partial charge in [-0.3, -0.25) is 4.79 Å². The number of nitrogens with zero attached hydrogens (tertiary/aromatic N) is 7. The Morgan fingerprint density at radius 1 is 1.28 bits per heavy atom. The van der Waals surface area contributed by atoms with Crippen LogP contribution in [0.15, 0.2) is 12.5 Å². The number of anilines is 1. The first-order valence-electron chi connectivity index (χ1n) is 8.29. The summed E-state index contributed by atoms with van der Waals surface area (Å²) in [6.45, 7) is 3.99. The topological polar surface area (TPSA) is 95.8 Å². The van der Waals surface area contributed by atoms with Gasteiger partial charge in [0.1, 0.15) is 17.8 Å². The van der Waals surface area contributed by atoms with E-state index in [0.717, 1.165) is 29.1 Å². The fourth-order valence-electron chi connectivity index (χ4n) is 3.23. The van der Waals surface area contributed by atoms with Gasteiger partial charge >= 0.3 is 0 Å². The number of fused-ring (bicyclic) bond motifs is 2. The van der Waals surface area contributed by atoms with Gasteiger partial charge in [-0.2, -0.15) is 0 Å². The Hall–Kier alpha value is -2.97. The molecule has 4 heterocycles. The smallest absolute Gasteiger partial charge is 0.291 e. The third kappa shape index (κ3) is 2.43. The molecule has 0 radical (unpaired) electrons. The summed E-state index contributed by atoms with van der Waals surface area (Å²) in [5, 5.41) is 9.34. The summed E-state index contributed by atoms with van der Waals surface area (Å²) in [4.78, 5) is 27.8. The summed E-state index contributed by atoms with van der Waals surface area (Å²) in [7, 11) is 3.74. The lowest BCUT2D eigenvalue weighted by Crippen LogP contribution is -2.38. The van der Waals surface area contributed by atoms with Gasteiger partial charge in [0.05, 0.1) is 11.9 Å². The molecule has 9 nitrogen and oxygen atoms in total. The van der Waals surface area contributed by atoms with Crippen molar-refractivity contribution in [2.24, 2.45) is 0 Å². The summed E-state index contributed by atoms with van der Waals surface area (Å²) >= 11 is 0. The highest BCUT2D eigenvalue weighted by Crippen LogP contribution is 2.27. The minimum absolute atomic E-state index is 0.0871. The highest BCUT2D eigenvalue weighted by atomic mass is 16.2. The maximum atomic E-state index is 12.2. The lowest BCUT2D eigenvalue weighted by Gasteiger charge is -2.25. The van der Waals surface area contributed by atoms with Crippen LogP contribution in [0.25, 0.3) is 11.0 Å². The van der Waals surface area contributed by atoms with Crippen LogP contribution >= 0.6 is 0 Å². The van der Waals surface area contributed by atoms with Crippen molar-refractivity contribution in [3.8, 4) is 0 Å². The average Bonchev–Trinajstić information content (AvgIpc) is 3.22. The van der Waals surface area contributed by atoms with Crippen molar-refractivity contribution in [1.82, 2.24) is 34.6 Å². The van der Waals surface area contributed by atoms with Crippen LogP contribution in [0.4, 0.5) is 5.82 Å². The van der Waals surface area contributed by atoms with E-state index in [1.165, 1.54) is 5.56 Å². The van der Waals surface area contributed by atoms with E-state index in [4.69, 9.17) is 0 Å². The van der Waals surface area contributed by atoms with Crippen molar-refractivity contribution in [2.75, 3.05) is 25.5 Å². The number of carbonyl (C=O) groups excluding carboxylic acids is 1. The molecule has 1 aliphatic heterocycles. The van der Waals surface area contributed by atoms with Crippen molar-refractivity contribution in [1.29, 1.82) is 0 Å². The number of hydrogen-bond acceptors (Lipinski definition) is 6. The lowest BCUT2D eigenvalue weighted by molar-refractivity contribution is 0.0740. The van der Waals surface area contributed by atoms with Gasteiger partial charge in [0.2, 0.25) is 5.82 Å². The summed E-state index contributed by atoms with van der Waals surface area (Å²) in [6.07, 6.45) is 4.43. The molecule has 0 bridgehead atoms. The molecular weight excluding hydrogens is 320 g/mol. The van der Waals surface area contributed by atoms with E-state index < -0.39 is 0 Å². The number of hydrogen-bond donors (Lipinski definition) is 1. The number of carbonyl (C=O) groups is 1. The number of aryl methyl sites for hydroxylation is 1. The number of likely N-dealkylation sites (N-methyl/N-ethyl adjacent to an activating group) is 1. The van der Waals surface area contributed by atoms with Crippen molar-refractivity contribution in [3.63, 3.8) is 0 Å². The summed E-state index contributed by atoms with van der Waals surface area (Å²) in [5.74, 6) is 1.93. The molecule has 0 fully saturated rings. The quantitative estimate of drug-likeness (QED) is 0.756. The molecule has 0 atom stereocenters. The molecule has 1 amide bonds. The molecule has 0 spiro atoms. The molecule has 25 heavy (non-hydrogen) atoms. The summed E-state index contributed by atoms with van der Waals surface area (Å²) in [6, 6.07) is 0. The van der Waals surface area contributed by atoms with E-state index in [1.54, 1.807) is 18.3 Å². The van der Waals surface area contributed by atoms with Gasteiger partial charge in [0.15, 0.2) is 5.82 Å². The third-order valence-electron chi connectivity index (χ3n) is 4.68. The molecule has 0 saturated heterocycles. The van der Waals surface area contributed by atoms with E-state index in [2.05, 4.69) is 32.1 Å². The van der Waals surface area contributed by atoms with Crippen molar-refractivity contribution < 1.29 is 4.79 Å². The van der Waals surface area contributed by atoms with Crippen molar-refractivity contribution >= 4 is 22.8 Å². The van der Waals surface area contributed by atoms with Crippen LogP contribution in [-0.2, 0) is 19.5 Å².